The Hall–Kier alpha value is -2.18. The number of amides is 1. The van der Waals surface area contributed by atoms with Crippen molar-refractivity contribution in [1.29, 1.82) is 0 Å². The van der Waals surface area contributed by atoms with Crippen LogP contribution in [-0.2, 0) is 9.53 Å². The van der Waals surface area contributed by atoms with E-state index in [1.165, 1.54) is 6.92 Å². The monoisotopic (exact) mass is 393 g/mol. The van der Waals surface area contributed by atoms with E-state index in [4.69, 9.17) is 16.3 Å². The number of halogens is 1. The number of carbonyl (C=O) groups is 3. The lowest BCUT2D eigenvalue weighted by molar-refractivity contribution is -0.123. The van der Waals surface area contributed by atoms with E-state index in [-0.39, 0.29) is 11.7 Å². The van der Waals surface area contributed by atoms with Gasteiger partial charge in [-0.15, -0.1) is 11.3 Å². The second-order valence-corrected chi connectivity index (χ2v) is 8.51. The van der Waals surface area contributed by atoms with Gasteiger partial charge in [-0.2, -0.15) is 0 Å². The first-order chi connectivity index (χ1) is 12.1. The van der Waals surface area contributed by atoms with E-state index in [9.17, 15) is 14.4 Å². The van der Waals surface area contributed by atoms with Crippen molar-refractivity contribution >= 4 is 46.3 Å². The fraction of sp³-hybridized carbons (Fsp3) is 0.316. The number of anilines is 1. The highest BCUT2D eigenvalue weighted by Crippen LogP contribution is 2.23. The summed E-state index contributed by atoms with van der Waals surface area (Å²) in [6.45, 7) is 6.97. The minimum Gasteiger partial charge on any atom is -0.450 e. The summed E-state index contributed by atoms with van der Waals surface area (Å²) in [5, 5.41) is 2.79. The molecule has 0 fully saturated rings. The topological polar surface area (TPSA) is 72.5 Å². The smallest absolute Gasteiger partial charge is 0.349 e. The molecule has 7 heteroatoms. The number of carbonyl (C=O) groups excluding carboxylic acids is 3. The van der Waals surface area contributed by atoms with Crippen LogP contribution in [0.1, 0.15) is 47.7 Å². The normalized spacial score (nSPS) is 12.3. The van der Waals surface area contributed by atoms with E-state index in [0.717, 1.165) is 11.3 Å². The zero-order valence-electron chi connectivity index (χ0n) is 15.0. The van der Waals surface area contributed by atoms with Crippen LogP contribution in [0.15, 0.2) is 36.4 Å². The quantitative estimate of drug-likeness (QED) is 0.584. The third-order valence-corrected chi connectivity index (χ3v) is 4.75. The molecule has 5 nitrogen and oxygen atoms in total. The summed E-state index contributed by atoms with van der Waals surface area (Å²) in [4.78, 5) is 36.7. The van der Waals surface area contributed by atoms with Gasteiger partial charge in [0.15, 0.2) is 6.10 Å². The lowest BCUT2D eigenvalue weighted by atomic mass is 9.95. The van der Waals surface area contributed by atoms with Crippen LogP contribution in [0.2, 0.25) is 4.34 Å². The summed E-state index contributed by atoms with van der Waals surface area (Å²) in [6, 6.07) is 9.62. The zero-order valence-corrected chi connectivity index (χ0v) is 16.5. The van der Waals surface area contributed by atoms with Gasteiger partial charge in [-0.3, -0.25) is 9.59 Å². The maximum atomic E-state index is 12.4. The van der Waals surface area contributed by atoms with Crippen molar-refractivity contribution in [2.24, 2.45) is 5.41 Å². The minimum atomic E-state index is -0.932. The Morgan fingerprint density at radius 3 is 2.19 bits per heavy atom. The van der Waals surface area contributed by atoms with E-state index in [2.05, 4.69) is 5.32 Å². The molecule has 1 atom stereocenters. The fourth-order valence-electron chi connectivity index (χ4n) is 1.97. The van der Waals surface area contributed by atoms with E-state index < -0.39 is 17.5 Å². The highest BCUT2D eigenvalue weighted by molar-refractivity contribution is 7.17. The molecule has 1 heterocycles. The summed E-state index contributed by atoms with van der Waals surface area (Å²) in [5.41, 5.74) is 0.477. The van der Waals surface area contributed by atoms with Gasteiger partial charge in [0.1, 0.15) is 4.88 Å². The van der Waals surface area contributed by atoms with Crippen LogP contribution in [0.25, 0.3) is 0 Å². The molecule has 0 spiro atoms. The highest BCUT2D eigenvalue weighted by Gasteiger charge is 2.23. The largest absolute Gasteiger partial charge is 0.450 e. The molecule has 2 aromatic rings. The van der Waals surface area contributed by atoms with Crippen molar-refractivity contribution in [1.82, 2.24) is 0 Å². The Balaban J connectivity index is 2.00. The first-order valence-electron chi connectivity index (χ1n) is 8.00. The minimum absolute atomic E-state index is 0.117. The van der Waals surface area contributed by atoms with Gasteiger partial charge in [-0.1, -0.05) is 32.4 Å². The number of Topliss-reactive ketones (excluding diaryl/α,β-unsaturated/α-hetero) is 1. The van der Waals surface area contributed by atoms with Crippen LogP contribution in [-0.4, -0.2) is 23.8 Å². The molecule has 0 aliphatic carbocycles. The van der Waals surface area contributed by atoms with Gasteiger partial charge in [0.2, 0.25) is 11.7 Å². The van der Waals surface area contributed by atoms with Crippen molar-refractivity contribution in [2.45, 2.75) is 33.8 Å². The van der Waals surface area contributed by atoms with Crippen LogP contribution in [0.3, 0.4) is 0 Å². The van der Waals surface area contributed by atoms with E-state index in [1.54, 1.807) is 36.4 Å². The lowest BCUT2D eigenvalue weighted by Gasteiger charge is -2.18. The average molecular weight is 394 g/mol. The van der Waals surface area contributed by atoms with Gasteiger partial charge in [0, 0.05) is 16.7 Å². The highest BCUT2D eigenvalue weighted by atomic mass is 35.5. The zero-order chi connectivity index (χ0) is 19.5. The maximum absolute atomic E-state index is 12.4. The van der Waals surface area contributed by atoms with Crippen LogP contribution < -0.4 is 5.32 Å². The first kappa shape index (κ1) is 20.1. The summed E-state index contributed by atoms with van der Waals surface area (Å²) in [6.07, 6.45) is -0.932. The molecule has 26 heavy (non-hydrogen) atoms. The predicted octanol–water partition coefficient (Wildman–Crippen LogP) is 4.81. The number of hydrogen-bond donors (Lipinski definition) is 1. The standard InChI is InChI=1S/C19H20ClNO4S/c1-11(25-17(23)14-9-10-15(20)26-14)16(22)12-5-7-13(8-6-12)21-18(24)19(2,3)4/h5-11H,1-4H3,(H,21,24)/t11-/m0/s1. The molecule has 1 aromatic carbocycles. The summed E-state index contributed by atoms with van der Waals surface area (Å²) in [7, 11) is 0. The van der Waals surface area contributed by atoms with Crippen molar-refractivity contribution in [2.75, 3.05) is 5.32 Å². The molecular formula is C19H20ClNO4S. The molecule has 0 bridgehead atoms. The van der Waals surface area contributed by atoms with Gasteiger partial charge < -0.3 is 10.1 Å². The predicted molar refractivity (Wildman–Crippen MR) is 103 cm³/mol. The molecule has 0 aliphatic heterocycles. The van der Waals surface area contributed by atoms with Gasteiger partial charge in [0.25, 0.3) is 0 Å². The van der Waals surface area contributed by atoms with Crippen molar-refractivity contribution in [3.63, 3.8) is 0 Å². The van der Waals surface area contributed by atoms with Crippen molar-refractivity contribution in [3.8, 4) is 0 Å². The molecule has 0 saturated heterocycles. The molecule has 1 aromatic heterocycles. The molecular weight excluding hydrogens is 374 g/mol. The number of hydrogen-bond acceptors (Lipinski definition) is 5. The summed E-state index contributed by atoms with van der Waals surface area (Å²) < 4.78 is 5.67. The molecule has 1 N–H and O–H groups in total. The average Bonchev–Trinajstić information content (AvgIpc) is 3.00. The van der Waals surface area contributed by atoms with Crippen molar-refractivity contribution in [3.05, 3.63) is 51.2 Å². The second kappa shape index (κ2) is 8.01. The van der Waals surface area contributed by atoms with E-state index in [1.807, 2.05) is 20.8 Å². The second-order valence-electron chi connectivity index (χ2n) is 6.80. The summed E-state index contributed by atoms with van der Waals surface area (Å²) >= 11 is 6.89. The van der Waals surface area contributed by atoms with Crippen LogP contribution in [0.4, 0.5) is 5.69 Å². The molecule has 2 rings (SSSR count). The molecule has 1 amide bonds. The van der Waals surface area contributed by atoms with E-state index >= 15 is 0 Å². The van der Waals surface area contributed by atoms with E-state index in [0.29, 0.717) is 20.5 Å². The maximum Gasteiger partial charge on any atom is 0.349 e. The van der Waals surface area contributed by atoms with Gasteiger partial charge >= 0.3 is 5.97 Å². The number of nitrogens with one attached hydrogen (secondary N) is 1. The number of ether oxygens (including phenoxy) is 1. The molecule has 0 saturated carbocycles. The third kappa shape index (κ3) is 5.16. The number of esters is 1. The molecule has 138 valence electrons. The first-order valence-corrected chi connectivity index (χ1v) is 9.19. The molecule has 0 aliphatic rings. The Kier molecular flexibility index (Phi) is 6.21. The van der Waals surface area contributed by atoms with Gasteiger partial charge in [0.05, 0.1) is 4.34 Å². The van der Waals surface area contributed by atoms with Crippen molar-refractivity contribution < 1.29 is 19.1 Å². The Bertz CT molecular complexity index is 821. The number of benzene rings is 1. The fourth-order valence-corrected chi connectivity index (χ4v) is 2.89. The molecule has 0 unspecified atom stereocenters. The Morgan fingerprint density at radius 1 is 1.08 bits per heavy atom. The van der Waals surface area contributed by atoms with Gasteiger partial charge in [-0.05, 0) is 43.3 Å². The number of ketones is 1. The van der Waals surface area contributed by atoms with Crippen LogP contribution in [0, 0.1) is 5.41 Å². The third-order valence-electron chi connectivity index (χ3n) is 3.54. The molecule has 0 radical (unpaired) electrons. The van der Waals surface area contributed by atoms with Crippen LogP contribution >= 0.6 is 22.9 Å². The Morgan fingerprint density at radius 2 is 1.69 bits per heavy atom. The summed E-state index contributed by atoms with van der Waals surface area (Å²) in [5.74, 6) is -1.03. The van der Waals surface area contributed by atoms with Crippen LogP contribution in [0.5, 0.6) is 0 Å². The van der Waals surface area contributed by atoms with Gasteiger partial charge in [-0.25, -0.2) is 4.79 Å². The Labute approximate surface area is 161 Å². The number of thiophene rings is 1. The SMILES string of the molecule is C[C@H](OC(=O)c1ccc(Cl)s1)C(=O)c1ccc(NC(=O)C(C)(C)C)cc1. The lowest BCUT2D eigenvalue weighted by Crippen LogP contribution is -2.27. The number of rotatable bonds is 5.